The van der Waals surface area contributed by atoms with E-state index >= 15 is 0 Å². The Morgan fingerprint density at radius 1 is 1.35 bits per heavy atom. The Bertz CT molecular complexity index is 592. The lowest BCUT2D eigenvalue weighted by molar-refractivity contribution is 0.158. The number of ether oxygens (including phenoxy) is 1. The highest BCUT2D eigenvalue weighted by Crippen LogP contribution is 2.19. The molecule has 1 aliphatic rings. The summed E-state index contributed by atoms with van der Waals surface area (Å²) in [4.78, 5) is 2.33. The number of benzene rings is 1. The Morgan fingerprint density at radius 3 is 2.70 bits per heavy atom. The number of rotatable bonds is 8. The van der Waals surface area contributed by atoms with Crippen LogP contribution in [-0.2, 0) is 20.5 Å². The predicted octanol–water partition coefficient (Wildman–Crippen LogP) is 2.07. The van der Waals surface area contributed by atoms with Gasteiger partial charge in [0.25, 0.3) is 0 Å². The molecule has 0 spiro atoms. The summed E-state index contributed by atoms with van der Waals surface area (Å²) >= 11 is 5.84. The summed E-state index contributed by atoms with van der Waals surface area (Å²) in [5.74, 6) is 0.401. The summed E-state index contributed by atoms with van der Waals surface area (Å²) in [7, 11) is 0.0677. The average Bonchev–Trinajstić information content (AvgIpc) is 2.95. The molecule has 0 aliphatic carbocycles. The molecule has 7 heteroatoms. The van der Waals surface area contributed by atoms with E-state index in [4.69, 9.17) is 16.3 Å². The van der Waals surface area contributed by atoms with Crippen molar-refractivity contribution in [2.24, 2.45) is 5.92 Å². The zero-order valence-corrected chi connectivity index (χ0v) is 15.3. The van der Waals surface area contributed by atoms with Crippen LogP contribution in [0.15, 0.2) is 24.3 Å². The Kier molecular flexibility index (Phi) is 6.85. The van der Waals surface area contributed by atoms with E-state index < -0.39 is 10.0 Å². The molecule has 0 aromatic heterocycles. The van der Waals surface area contributed by atoms with E-state index in [1.165, 1.54) is 4.31 Å². The summed E-state index contributed by atoms with van der Waals surface area (Å²) in [6, 6.07) is 6.96. The highest BCUT2D eigenvalue weighted by molar-refractivity contribution is 7.88. The fourth-order valence-corrected chi connectivity index (χ4v) is 4.26. The van der Waals surface area contributed by atoms with Gasteiger partial charge < -0.3 is 9.64 Å². The van der Waals surface area contributed by atoms with Crippen LogP contribution in [0.2, 0.25) is 5.02 Å². The van der Waals surface area contributed by atoms with E-state index in [-0.39, 0.29) is 5.75 Å². The van der Waals surface area contributed by atoms with Gasteiger partial charge >= 0.3 is 0 Å². The van der Waals surface area contributed by atoms with Crippen LogP contribution in [0.1, 0.15) is 12.0 Å². The van der Waals surface area contributed by atoms with Gasteiger partial charge in [-0.15, -0.1) is 0 Å². The van der Waals surface area contributed by atoms with Crippen molar-refractivity contribution in [3.8, 4) is 0 Å². The smallest absolute Gasteiger partial charge is 0.218 e. The molecule has 1 saturated heterocycles. The second-order valence-electron chi connectivity index (χ2n) is 6.11. The normalized spacial score (nSPS) is 19.6. The van der Waals surface area contributed by atoms with Crippen LogP contribution in [0.4, 0.5) is 0 Å². The molecule has 1 aromatic rings. The molecular weight excluding hydrogens is 336 g/mol. The molecule has 1 atom stereocenters. The van der Waals surface area contributed by atoms with Crippen molar-refractivity contribution in [3.63, 3.8) is 0 Å². The minimum Gasteiger partial charge on any atom is -0.383 e. The molecule has 0 radical (unpaired) electrons. The quantitative estimate of drug-likeness (QED) is 0.712. The van der Waals surface area contributed by atoms with Gasteiger partial charge in [0.15, 0.2) is 0 Å². The lowest BCUT2D eigenvalue weighted by Gasteiger charge is -2.21. The van der Waals surface area contributed by atoms with Crippen LogP contribution in [-0.4, -0.2) is 64.6 Å². The lowest BCUT2D eigenvalue weighted by Crippen LogP contribution is -2.34. The second-order valence-corrected chi connectivity index (χ2v) is 8.62. The summed E-state index contributed by atoms with van der Waals surface area (Å²) < 4.78 is 31.6. The van der Waals surface area contributed by atoms with E-state index in [1.807, 2.05) is 0 Å². The molecular formula is C16H25ClN2O3S. The standard InChI is InChI=1S/C16H25ClN2O3S/c1-18(11-15-7-8-19(12-15)9-10-22-2)23(20,21)13-14-3-5-16(17)6-4-14/h3-6,15H,7-13H2,1-2H3. The van der Waals surface area contributed by atoms with Crippen molar-refractivity contribution in [2.45, 2.75) is 12.2 Å². The van der Waals surface area contributed by atoms with Crippen molar-refractivity contribution >= 4 is 21.6 Å². The minimum absolute atomic E-state index is 0.0147. The van der Waals surface area contributed by atoms with Crippen molar-refractivity contribution in [2.75, 3.05) is 46.9 Å². The zero-order valence-electron chi connectivity index (χ0n) is 13.7. The van der Waals surface area contributed by atoms with Crippen LogP contribution in [0.5, 0.6) is 0 Å². The van der Waals surface area contributed by atoms with Gasteiger partial charge in [0, 0.05) is 38.8 Å². The van der Waals surface area contributed by atoms with Gasteiger partial charge in [-0.25, -0.2) is 12.7 Å². The SMILES string of the molecule is COCCN1CCC(CN(C)S(=O)(=O)Cc2ccc(Cl)cc2)C1. The van der Waals surface area contributed by atoms with Crippen LogP contribution in [0.25, 0.3) is 0 Å². The van der Waals surface area contributed by atoms with Gasteiger partial charge in [-0.3, -0.25) is 0 Å². The Balaban J connectivity index is 1.86. The predicted molar refractivity (Wildman–Crippen MR) is 93.1 cm³/mol. The van der Waals surface area contributed by atoms with Gasteiger partial charge in [-0.2, -0.15) is 0 Å². The molecule has 0 N–H and O–H groups in total. The molecule has 5 nitrogen and oxygen atoms in total. The topological polar surface area (TPSA) is 49.9 Å². The van der Waals surface area contributed by atoms with E-state index in [0.29, 0.717) is 17.5 Å². The van der Waals surface area contributed by atoms with E-state index in [0.717, 1.165) is 38.2 Å². The Hall–Kier alpha value is -0.660. The third kappa shape index (κ3) is 5.72. The van der Waals surface area contributed by atoms with Gasteiger partial charge in [-0.1, -0.05) is 23.7 Å². The van der Waals surface area contributed by atoms with Gasteiger partial charge in [-0.05, 0) is 36.6 Å². The fourth-order valence-electron chi connectivity index (χ4n) is 2.86. The molecule has 23 heavy (non-hydrogen) atoms. The number of hydrogen-bond donors (Lipinski definition) is 0. The summed E-state index contributed by atoms with van der Waals surface area (Å²) in [5, 5.41) is 0.613. The maximum Gasteiger partial charge on any atom is 0.218 e. The Morgan fingerprint density at radius 2 is 2.04 bits per heavy atom. The van der Waals surface area contributed by atoms with Crippen LogP contribution in [0.3, 0.4) is 0 Å². The first kappa shape index (κ1) is 18.7. The van der Waals surface area contributed by atoms with Gasteiger partial charge in [0.2, 0.25) is 10.0 Å². The molecule has 1 fully saturated rings. The van der Waals surface area contributed by atoms with Crippen LogP contribution >= 0.6 is 11.6 Å². The molecule has 1 aliphatic heterocycles. The van der Waals surface area contributed by atoms with Crippen LogP contribution < -0.4 is 0 Å². The Labute approximate surface area is 144 Å². The molecule has 0 saturated carbocycles. The highest BCUT2D eigenvalue weighted by atomic mass is 35.5. The first-order valence-corrected chi connectivity index (χ1v) is 9.79. The summed E-state index contributed by atoms with van der Waals surface area (Å²) in [6.45, 7) is 4.15. The van der Waals surface area contributed by atoms with Crippen molar-refractivity contribution < 1.29 is 13.2 Å². The molecule has 1 unspecified atom stereocenters. The third-order valence-corrected chi connectivity index (χ3v) is 6.28. The molecule has 1 aromatic carbocycles. The molecule has 130 valence electrons. The number of halogens is 1. The zero-order chi connectivity index (χ0) is 16.9. The first-order valence-electron chi connectivity index (χ1n) is 7.80. The summed E-state index contributed by atoms with van der Waals surface area (Å²) in [5.41, 5.74) is 0.759. The number of methoxy groups -OCH3 is 1. The number of sulfonamides is 1. The largest absolute Gasteiger partial charge is 0.383 e. The lowest BCUT2D eigenvalue weighted by atomic mass is 10.1. The monoisotopic (exact) mass is 360 g/mol. The van der Waals surface area contributed by atoms with Crippen molar-refractivity contribution in [1.29, 1.82) is 0 Å². The van der Waals surface area contributed by atoms with E-state index in [1.54, 1.807) is 38.4 Å². The maximum absolute atomic E-state index is 12.5. The molecule has 2 rings (SSSR count). The minimum atomic E-state index is -3.30. The molecule has 0 bridgehead atoms. The first-order chi connectivity index (χ1) is 10.9. The number of nitrogens with zero attached hydrogens (tertiary/aromatic N) is 2. The fraction of sp³-hybridized carbons (Fsp3) is 0.625. The number of hydrogen-bond acceptors (Lipinski definition) is 4. The number of likely N-dealkylation sites (tertiary alicyclic amines) is 1. The summed E-state index contributed by atoms with van der Waals surface area (Å²) in [6.07, 6.45) is 1.03. The average molecular weight is 361 g/mol. The molecule has 0 amide bonds. The maximum atomic E-state index is 12.5. The van der Waals surface area contributed by atoms with Crippen molar-refractivity contribution in [1.82, 2.24) is 9.21 Å². The van der Waals surface area contributed by atoms with Gasteiger partial charge in [0.1, 0.15) is 0 Å². The van der Waals surface area contributed by atoms with E-state index in [9.17, 15) is 8.42 Å². The van der Waals surface area contributed by atoms with Crippen molar-refractivity contribution in [3.05, 3.63) is 34.9 Å². The van der Waals surface area contributed by atoms with Gasteiger partial charge in [0.05, 0.1) is 12.4 Å². The van der Waals surface area contributed by atoms with Crippen LogP contribution in [0, 0.1) is 5.92 Å². The third-order valence-electron chi connectivity index (χ3n) is 4.23. The highest BCUT2D eigenvalue weighted by Gasteiger charge is 2.27. The second kappa shape index (κ2) is 8.44. The van der Waals surface area contributed by atoms with E-state index in [2.05, 4.69) is 4.90 Å². The molecule has 1 heterocycles.